The number of nitrogens with zero attached hydrogens (tertiary/aromatic N) is 2. The molecule has 1 atom stereocenters. The Morgan fingerprint density at radius 3 is 2.48 bits per heavy atom. The molecule has 4 heterocycles. The van der Waals surface area contributed by atoms with Gasteiger partial charge in [0.25, 0.3) is 0 Å². The van der Waals surface area contributed by atoms with Crippen molar-refractivity contribution in [2.24, 2.45) is 5.41 Å². The van der Waals surface area contributed by atoms with Crippen LogP contribution < -0.4 is 5.32 Å². The van der Waals surface area contributed by atoms with E-state index in [1.165, 1.54) is 17.7 Å². The number of fused-ring (bicyclic) bond motifs is 3. The van der Waals surface area contributed by atoms with Crippen molar-refractivity contribution in [1.29, 1.82) is 0 Å². The molecule has 4 fully saturated rings. The molecule has 25 heavy (non-hydrogen) atoms. The summed E-state index contributed by atoms with van der Waals surface area (Å²) in [5.41, 5.74) is 1.08. The fourth-order valence-electron chi connectivity index (χ4n) is 4.60. The van der Waals surface area contributed by atoms with Crippen LogP contribution in [0.25, 0.3) is 0 Å². The van der Waals surface area contributed by atoms with Crippen LogP contribution in [0.5, 0.6) is 0 Å². The van der Waals surface area contributed by atoms with Gasteiger partial charge in [0.1, 0.15) is 5.82 Å². The Hall–Kier alpha value is -1.46. The Morgan fingerprint density at radius 1 is 1.12 bits per heavy atom. The standard InChI is InChI=1S/C20H28FN3O/c21-17-3-1-16(2-4-17)5-10-24-11-6-18(15-24)22-19(25)20-7-12-23(13-8-20)14-9-20/h1-4,18H,5-15H2,(H,22,25)/t18-/m0/s1. The molecule has 4 saturated heterocycles. The number of rotatable bonds is 5. The van der Waals surface area contributed by atoms with Gasteiger partial charge < -0.3 is 15.1 Å². The number of halogens is 1. The number of hydrogen-bond donors (Lipinski definition) is 1. The summed E-state index contributed by atoms with van der Waals surface area (Å²) < 4.78 is 13.0. The van der Waals surface area contributed by atoms with Gasteiger partial charge in [-0.2, -0.15) is 0 Å². The maximum absolute atomic E-state index is 13.0. The quantitative estimate of drug-likeness (QED) is 0.887. The Kier molecular flexibility index (Phi) is 4.78. The molecule has 2 bridgehead atoms. The molecule has 4 aliphatic rings. The summed E-state index contributed by atoms with van der Waals surface area (Å²) in [7, 11) is 0. The highest BCUT2D eigenvalue weighted by Gasteiger charge is 2.45. The van der Waals surface area contributed by atoms with Gasteiger partial charge in [0.15, 0.2) is 0 Å². The lowest BCUT2D eigenvalue weighted by molar-refractivity contribution is -0.138. The first-order valence-electron chi connectivity index (χ1n) is 9.63. The minimum atomic E-state index is -0.180. The van der Waals surface area contributed by atoms with E-state index in [4.69, 9.17) is 0 Å². The van der Waals surface area contributed by atoms with Crippen LogP contribution in [0.4, 0.5) is 4.39 Å². The second kappa shape index (κ2) is 7.04. The van der Waals surface area contributed by atoms with Crippen LogP contribution in [0.2, 0.25) is 0 Å². The number of hydrogen-bond acceptors (Lipinski definition) is 3. The molecule has 0 aliphatic carbocycles. The predicted octanol–water partition coefficient (Wildman–Crippen LogP) is 2.04. The number of amides is 1. The average Bonchev–Trinajstić information content (AvgIpc) is 3.10. The third-order valence-corrected chi connectivity index (χ3v) is 6.44. The highest BCUT2D eigenvalue weighted by molar-refractivity contribution is 5.83. The van der Waals surface area contributed by atoms with Crippen molar-refractivity contribution in [3.8, 4) is 0 Å². The van der Waals surface area contributed by atoms with Crippen molar-refractivity contribution < 1.29 is 9.18 Å². The van der Waals surface area contributed by atoms with Gasteiger partial charge in [-0.05, 0) is 69.4 Å². The second-order valence-corrected chi connectivity index (χ2v) is 8.01. The average molecular weight is 345 g/mol. The monoisotopic (exact) mass is 345 g/mol. The van der Waals surface area contributed by atoms with E-state index in [0.717, 1.165) is 71.4 Å². The van der Waals surface area contributed by atoms with Gasteiger partial charge in [0.05, 0.1) is 5.41 Å². The minimum absolute atomic E-state index is 0.0870. The van der Waals surface area contributed by atoms with E-state index in [2.05, 4.69) is 15.1 Å². The van der Waals surface area contributed by atoms with Crippen LogP contribution in [0.15, 0.2) is 24.3 Å². The summed E-state index contributed by atoms with van der Waals surface area (Å²) in [4.78, 5) is 17.8. The number of likely N-dealkylation sites (tertiary alicyclic amines) is 1. The Morgan fingerprint density at radius 2 is 1.80 bits per heavy atom. The highest BCUT2D eigenvalue weighted by atomic mass is 19.1. The first kappa shape index (κ1) is 17.0. The van der Waals surface area contributed by atoms with E-state index in [-0.39, 0.29) is 17.3 Å². The van der Waals surface area contributed by atoms with Gasteiger partial charge in [-0.3, -0.25) is 4.79 Å². The molecule has 1 N–H and O–H groups in total. The summed E-state index contributed by atoms with van der Waals surface area (Å²) in [6.07, 6.45) is 5.05. The normalized spacial score (nSPS) is 32.0. The lowest BCUT2D eigenvalue weighted by Crippen LogP contribution is -2.56. The van der Waals surface area contributed by atoms with Crippen molar-refractivity contribution in [1.82, 2.24) is 15.1 Å². The molecule has 5 rings (SSSR count). The third-order valence-electron chi connectivity index (χ3n) is 6.44. The molecule has 136 valence electrons. The number of benzene rings is 1. The zero-order valence-electron chi connectivity index (χ0n) is 14.8. The third kappa shape index (κ3) is 3.72. The molecule has 0 spiro atoms. The van der Waals surface area contributed by atoms with Crippen LogP contribution in [0.1, 0.15) is 31.2 Å². The molecule has 0 radical (unpaired) electrons. The van der Waals surface area contributed by atoms with Crippen LogP contribution in [-0.2, 0) is 11.2 Å². The smallest absolute Gasteiger partial charge is 0.226 e. The zero-order chi connectivity index (χ0) is 17.3. The lowest BCUT2D eigenvalue weighted by atomic mass is 9.71. The van der Waals surface area contributed by atoms with Crippen molar-refractivity contribution in [3.05, 3.63) is 35.6 Å². The van der Waals surface area contributed by atoms with Crippen molar-refractivity contribution in [3.63, 3.8) is 0 Å². The van der Waals surface area contributed by atoms with E-state index >= 15 is 0 Å². The summed E-state index contributed by atoms with van der Waals surface area (Å²) >= 11 is 0. The predicted molar refractivity (Wildman–Crippen MR) is 95.8 cm³/mol. The molecule has 1 amide bonds. The van der Waals surface area contributed by atoms with E-state index < -0.39 is 0 Å². The molecule has 4 nitrogen and oxygen atoms in total. The van der Waals surface area contributed by atoms with Crippen LogP contribution in [-0.4, -0.2) is 61.0 Å². The van der Waals surface area contributed by atoms with Crippen molar-refractivity contribution >= 4 is 5.91 Å². The summed E-state index contributed by atoms with van der Waals surface area (Å²) in [6.45, 7) is 6.20. The Bertz CT molecular complexity index is 596. The molecule has 0 unspecified atom stereocenters. The summed E-state index contributed by atoms with van der Waals surface area (Å²) in [5.74, 6) is 0.123. The maximum Gasteiger partial charge on any atom is 0.226 e. The largest absolute Gasteiger partial charge is 0.352 e. The summed E-state index contributed by atoms with van der Waals surface area (Å²) in [6, 6.07) is 7.06. The number of carbonyl (C=O) groups is 1. The second-order valence-electron chi connectivity index (χ2n) is 8.01. The van der Waals surface area contributed by atoms with Crippen LogP contribution in [0.3, 0.4) is 0 Å². The Labute approximate surface area is 149 Å². The number of carbonyl (C=O) groups excluding carboxylic acids is 1. The summed E-state index contributed by atoms with van der Waals surface area (Å²) in [5, 5.41) is 3.35. The molecular formula is C20H28FN3O. The first-order chi connectivity index (χ1) is 12.1. The van der Waals surface area contributed by atoms with Crippen molar-refractivity contribution in [2.75, 3.05) is 39.3 Å². The molecule has 0 aromatic heterocycles. The molecule has 4 aliphatic heterocycles. The van der Waals surface area contributed by atoms with Crippen LogP contribution >= 0.6 is 0 Å². The molecule has 1 aromatic carbocycles. The lowest BCUT2D eigenvalue weighted by Gasteiger charge is -2.47. The molecule has 0 saturated carbocycles. The highest BCUT2D eigenvalue weighted by Crippen LogP contribution is 2.40. The van der Waals surface area contributed by atoms with Crippen LogP contribution in [0, 0.1) is 11.2 Å². The van der Waals surface area contributed by atoms with Crippen molar-refractivity contribution in [2.45, 2.75) is 38.1 Å². The number of nitrogens with one attached hydrogen (secondary N) is 1. The minimum Gasteiger partial charge on any atom is -0.352 e. The first-order valence-corrected chi connectivity index (χ1v) is 9.63. The molecule has 5 heteroatoms. The maximum atomic E-state index is 13.0. The van der Waals surface area contributed by atoms with E-state index in [1.54, 1.807) is 0 Å². The molecular weight excluding hydrogens is 317 g/mol. The Balaban J connectivity index is 1.25. The van der Waals surface area contributed by atoms with E-state index in [0.29, 0.717) is 5.91 Å². The SMILES string of the molecule is O=C(N[C@H]1CCN(CCc2ccc(F)cc2)C1)C12CCN(CC1)CC2. The zero-order valence-corrected chi connectivity index (χ0v) is 14.8. The van der Waals surface area contributed by atoms with E-state index in [1.807, 2.05) is 12.1 Å². The van der Waals surface area contributed by atoms with Gasteiger partial charge in [-0.25, -0.2) is 4.39 Å². The van der Waals surface area contributed by atoms with Gasteiger partial charge in [-0.1, -0.05) is 12.1 Å². The van der Waals surface area contributed by atoms with Gasteiger partial charge in [0, 0.05) is 25.7 Å². The van der Waals surface area contributed by atoms with E-state index in [9.17, 15) is 9.18 Å². The van der Waals surface area contributed by atoms with Gasteiger partial charge in [-0.15, -0.1) is 0 Å². The van der Waals surface area contributed by atoms with Gasteiger partial charge >= 0.3 is 0 Å². The fraction of sp³-hybridized carbons (Fsp3) is 0.650. The topological polar surface area (TPSA) is 35.6 Å². The molecule has 1 aromatic rings. The fourth-order valence-corrected chi connectivity index (χ4v) is 4.60. The number of piperidine rings is 3. The van der Waals surface area contributed by atoms with Gasteiger partial charge in [0.2, 0.25) is 5.91 Å².